The molecule has 0 aromatic carbocycles. The smallest absolute Gasteiger partial charge is 0.151 e. The quantitative estimate of drug-likeness (QED) is 0.710. The van der Waals surface area contributed by atoms with Gasteiger partial charge in [-0.2, -0.15) is 10.2 Å². The van der Waals surface area contributed by atoms with Gasteiger partial charge < -0.3 is 5.32 Å². The summed E-state index contributed by atoms with van der Waals surface area (Å²) in [6.07, 6.45) is 5.41. The van der Waals surface area contributed by atoms with Crippen molar-refractivity contribution < 1.29 is 0 Å². The van der Waals surface area contributed by atoms with Crippen LogP contribution in [0.4, 0.5) is 0 Å². The molecule has 17 heavy (non-hydrogen) atoms. The molecule has 0 bridgehead atoms. The van der Waals surface area contributed by atoms with E-state index < -0.39 is 0 Å². The molecule has 6 nitrogen and oxygen atoms in total. The fraction of sp³-hybridized carbons (Fsp3) is 0.545. The average molecular weight is 234 g/mol. The van der Waals surface area contributed by atoms with Crippen molar-refractivity contribution in [3.05, 3.63) is 30.1 Å². The van der Waals surface area contributed by atoms with E-state index in [1.54, 1.807) is 11.0 Å². The highest BCUT2D eigenvalue weighted by molar-refractivity contribution is 5.00. The number of nitrogens with zero attached hydrogens (tertiary/aromatic N) is 5. The molecule has 2 aromatic heterocycles. The predicted molar refractivity (Wildman–Crippen MR) is 64.5 cm³/mol. The minimum absolute atomic E-state index is 0.867. The van der Waals surface area contributed by atoms with E-state index in [0.717, 1.165) is 31.8 Å². The minimum atomic E-state index is 0.867. The van der Waals surface area contributed by atoms with E-state index in [9.17, 15) is 0 Å². The molecular weight excluding hydrogens is 216 g/mol. The van der Waals surface area contributed by atoms with E-state index in [1.807, 2.05) is 31.0 Å². The Kier molecular flexibility index (Phi) is 3.87. The predicted octanol–water partition coefficient (Wildman–Crippen LogP) is -0.0766. The Bertz CT molecular complexity index is 458. The molecule has 0 spiro atoms. The summed E-state index contributed by atoms with van der Waals surface area (Å²) in [5.41, 5.74) is 1.24. The summed E-state index contributed by atoms with van der Waals surface area (Å²) >= 11 is 0. The molecule has 0 atom stereocenters. The van der Waals surface area contributed by atoms with Gasteiger partial charge in [-0.3, -0.25) is 9.36 Å². The van der Waals surface area contributed by atoms with Crippen molar-refractivity contribution in [1.29, 1.82) is 0 Å². The molecule has 2 heterocycles. The topological polar surface area (TPSA) is 60.6 Å². The molecule has 0 unspecified atom stereocenters. The molecule has 0 saturated heterocycles. The first-order chi connectivity index (χ1) is 8.25. The van der Waals surface area contributed by atoms with Crippen LogP contribution in [0.5, 0.6) is 0 Å². The van der Waals surface area contributed by atoms with Crippen molar-refractivity contribution in [3.63, 3.8) is 0 Å². The summed E-state index contributed by atoms with van der Waals surface area (Å²) in [7, 11) is 3.85. The van der Waals surface area contributed by atoms with Crippen LogP contribution in [0.1, 0.15) is 11.5 Å². The fourth-order valence-corrected chi connectivity index (χ4v) is 1.69. The number of aryl methyl sites for hydroxylation is 2. The lowest BCUT2D eigenvalue weighted by molar-refractivity contribution is 0.631. The molecule has 0 radical (unpaired) electrons. The molecule has 2 rings (SSSR count). The van der Waals surface area contributed by atoms with Crippen LogP contribution in [0.2, 0.25) is 0 Å². The second kappa shape index (κ2) is 5.58. The first kappa shape index (κ1) is 11.8. The molecule has 0 fully saturated rings. The van der Waals surface area contributed by atoms with Crippen molar-refractivity contribution in [1.82, 2.24) is 29.9 Å². The van der Waals surface area contributed by atoms with Gasteiger partial charge in [0.25, 0.3) is 0 Å². The van der Waals surface area contributed by atoms with Gasteiger partial charge in [0.2, 0.25) is 0 Å². The maximum atomic E-state index is 4.22. The second-order valence-electron chi connectivity index (χ2n) is 4.03. The van der Waals surface area contributed by atoms with Crippen LogP contribution >= 0.6 is 0 Å². The van der Waals surface area contributed by atoms with Crippen molar-refractivity contribution >= 4 is 0 Å². The molecule has 6 heteroatoms. The van der Waals surface area contributed by atoms with Crippen LogP contribution < -0.4 is 5.32 Å². The van der Waals surface area contributed by atoms with Gasteiger partial charge in [-0.1, -0.05) is 0 Å². The monoisotopic (exact) mass is 234 g/mol. The van der Waals surface area contributed by atoms with Crippen LogP contribution in [0.15, 0.2) is 18.6 Å². The Balaban J connectivity index is 1.62. The minimum Gasteiger partial charge on any atom is -0.316 e. The highest BCUT2D eigenvalue weighted by Crippen LogP contribution is 1.96. The van der Waals surface area contributed by atoms with Gasteiger partial charge in [0, 0.05) is 51.9 Å². The van der Waals surface area contributed by atoms with Crippen molar-refractivity contribution in [2.75, 3.05) is 13.1 Å². The van der Waals surface area contributed by atoms with Gasteiger partial charge in [-0.15, -0.1) is 0 Å². The van der Waals surface area contributed by atoms with Gasteiger partial charge >= 0.3 is 0 Å². The third-order valence-electron chi connectivity index (χ3n) is 2.65. The standard InChI is InChI=1S/C11H18N6/c1-16-9-13-11(15-16)5-7-12-6-3-10-4-8-14-17(10)2/h4,8-9,12H,3,5-7H2,1-2H3. The molecular formula is C11H18N6. The zero-order chi connectivity index (χ0) is 12.1. The van der Waals surface area contributed by atoms with Gasteiger partial charge in [0.1, 0.15) is 6.33 Å². The van der Waals surface area contributed by atoms with Crippen molar-refractivity contribution in [2.45, 2.75) is 12.8 Å². The Labute approximate surface area is 101 Å². The third-order valence-corrected chi connectivity index (χ3v) is 2.65. The first-order valence-corrected chi connectivity index (χ1v) is 5.78. The van der Waals surface area contributed by atoms with E-state index in [2.05, 4.69) is 20.5 Å². The molecule has 0 aliphatic rings. The number of aromatic nitrogens is 5. The van der Waals surface area contributed by atoms with E-state index >= 15 is 0 Å². The zero-order valence-electron chi connectivity index (χ0n) is 10.3. The van der Waals surface area contributed by atoms with Crippen LogP contribution in [0.25, 0.3) is 0 Å². The summed E-state index contributed by atoms with van der Waals surface area (Å²) in [6, 6.07) is 2.04. The lowest BCUT2D eigenvalue weighted by Crippen LogP contribution is -2.21. The number of rotatable bonds is 6. The molecule has 0 aliphatic heterocycles. The van der Waals surface area contributed by atoms with Crippen LogP contribution in [0, 0.1) is 0 Å². The molecule has 0 amide bonds. The van der Waals surface area contributed by atoms with Crippen LogP contribution in [0.3, 0.4) is 0 Å². The normalized spacial score (nSPS) is 10.9. The average Bonchev–Trinajstić information content (AvgIpc) is 2.88. The van der Waals surface area contributed by atoms with Gasteiger partial charge in [-0.05, 0) is 6.07 Å². The highest BCUT2D eigenvalue weighted by atomic mass is 15.3. The lowest BCUT2D eigenvalue weighted by Gasteiger charge is -2.03. The summed E-state index contributed by atoms with van der Waals surface area (Å²) in [5.74, 6) is 0.889. The molecule has 1 N–H and O–H groups in total. The van der Waals surface area contributed by atoms with Crippen molar-refractivity contribution in [2.24, 2.45) is 14.1 Å². The molecule has 0 saturated carbocycles. The first-order valence-electron chi connectivity index (χ1n) is 5.78. The number of nitrogens with one attached hydrogen (secondary N) is 1. The zero-order valence-corrected chi connectivity index (χ0v) is 10.3. The Morgan fingerprint density at radius 2 is 2.06 bits per heavy atom. The maximum absolute atomic E-state index is 4.22. The second-order valence-corrected chi connectivity index (χ2v) is 4.03. The number of hydrogen-bond donors (Lipinski definition) is 1. The van der Waals surface area contributed by atoms with E-state index in [1.165, 1.54) is 5.69 Å². The Hall–Kier alpha value is -1.69. The summed E-state index contributed by atoms with van der Waals surface area (Å²) < 4.78 is 3.63. The third kappa shape index (κ3) is 3.39. The van der Waals surface area contributed by atoms with Crippen molar-refractivity contribution in [3.8, 4) is 0 Å². The summed E-state index contributed by atoms with van der Waals surface area (Å²) in [4.78, 5) is 4.18. The van der Waals surface area contributed by atoms with Gasteiger partial charge in [-0.25, -0.2) is 4.98 Å². The lowest BCUT2D eigenvalue weighted by atomic mass is 10.3. The molecule has 0 aliphatic carbocycles. The fourth-order valence-electron chi connectivity index (χ4n) is 1.69. The molecule has 2 aromatic rings. The summed E-state index contributed by atoms with van der Waals surface area (Å²) in [6.45, 7) is 1.86. The van der Waals surface area contributed by atoms with E-state index in [4.69, 9.17) is 0 Å². The Morgan fingerprint density at radius 3 is 2.71 bits per heavy atom. The van der Waals surface area contributed by atoms with E-state index in [-0.39, 0.29) is 0 Å². The largest absolute Gasteiger partial charge is 0.316 e. The van der Waals surface area contributed by atoms with Gasteiger partial charge in [0.15, 0.2) is 5.82 Å². The van der Waals surface area contributed by atoms with Crippen LogP contribution in [-0.4, -0.2) is 37.6 Å². The maximum Gasteiger partial charge on any atom is 0.151 e. The highest BCUT2D eigenvalue weighted by Gasteiger charge is 1.99. The van der Waals surface area contributed by atoms with Crippen LogP contribution in [-0.2, 0) is 26.9 Å². The SMILES string of the molecule is Cn1cnc(CCNCCc2ccnn2C)n1. The Morgan fingerprint density at radius 1 is 1.24 bits per heavy atom. The summed E-state index contributed by atoms with van der Waals surface area (Å²) in [5, 5.41) is 11.7. The molecule has 92 valence electrons. The van der Waals surface area contributed by atoms with E-state index in [0.29, 0.717) is 0 Å². The number of hydrogen-bond acceptors (Lipinski definition) is 4. The van der Waals surface area contributed by atoms with Gasteiger partial charge in [0.05, 0.1) is 0 Å².